The van der Waals surface area contributed by atoms with Crippen LogP contribution in [0.1, 0.15) is 18.1 Å². The van der Waals surface area contributed by atoms with Crippen LogP contribution >= 0.6 is 23.4 Å². The van der Waals surface area contributed by atoms with Crippen LogP contribution in [0.3, 0.4) is 0 Å². The van der Waals surface area contributed by atoms with E-state index in [1.165, 1.54) is 0 Å². The van der Waals surface area contributed by atoms with Crippen molar-refractivity contribution in [2.75, 3.05) is 6.61 Å². The first kappa shape index (κ1) is 20.0. The van der Waals surface area contributed by atoms with Gasteiger partial charge in [-0.2, -0.15) is 0 Å². The number of hydrogen-bond donors (Lipinski definition) is 1. The summed E-state index contributed by atoms with van der Waals surface area (Å²) in [5, 5.41) is 2.38. The molecule has 8 heteroatoms. The summed E-state index contributed by atoms with van der Waals surface area (Å²) in [5.74, 6) is -0.226. The smallest absolute Gasteiger partial charge is 0.315 e. The van der Waals surface area contributed by atoms with Crippen molar-refractivity contribution in [3.8, 4) is 11.5 Å². The lowest BCUT2D eigenvalue weighted by atomic mass is 10.1. The van der Waals surface area contributed by atoms with Gasteiger partial charge in [-0.05, 0) is 60.2 Å². The molecule has 0 unspecified atom stereocenters. The van der Waals surface area contributed by atoms with Crippen molar-refractivity contribution in [3.63, 3.8) is 0 Å². The molecule has 1 fully saturated rings. The van der Waals surface area contributed by atoms with E-state index >= 15 is 0 Å². The van der Waals surface area contributed by atoms with Crippen LogP contribution in [-0.2, 0) is 16.0 Å². The topological polar surface area (TPSA) is 81.7 Å². The number of rotatable bonds is 6. The van der Waals surface area contributed by atoms with Gasteiger partial charge >= 0.3 is 5.97 Å². The molecule has 0 atom stereocenters. The molecule has 0 saturated carbocycles. The number of halogens is 1. The van der Waals surface area contributed by atoms with Crippen molar-refractivity contribution >= 4 is 46.6 Å². The molecule has 1 aliphatic heterocycles. The summed E-state index contributed by atoms with van der Waals surface area (Å²) in [4.78, 5) is 35.5. The van der Waals surface area contributed by atoms with E-state index in [1.54, 1.807) is 48.5 Å². The van der Waals surface area contributed by atoms with Crippen molar-refractivity contribution < 1.29 is 23.9 Å². The lowest BCUT2D eigenvalue weighted by molar-refractivity contribution is -0.133. The number of carbonyl (C=O) groups excluding carboxylic acids is 3. The van der Waals surface area contributed by atoms with Crippen molar-refractivity contribution in [1.29, 1.82) is 0 Å². The predicted molar refractivity (Wildman–Crippen MR) is 108 cm³/mol. The Hall–Kier alpha value is -2.77. The van der Waals surface area contributed by atoms with E-state index in [0.29, 0.717) is 27.8 Å². The standard InChI is InChI=1S/C20H16ClNO5S/c1-2-26-16-9-13(10-17-19(24)22-20(25)28-17)5-8-15(16)27-18(23)11-12-3-6-14(21)7-4-12/h3-10H,2,11H2,1H3,(H,22,24,25). The summed E-state index contributed by atoms with van der Waals surface area (Å²) in [6.45, 7) is 2.18. The average Bonchev–Trinajstić information content (AvgIpc) is 2.96. The fourth-order valence-electron chi connectivity index (χ4n) is 2.47. The molecule has 1 saturated heterocycles. The fraction of sp³-hybridized carbons (Fsp3) is 0.150. The summed E-state index contributed by atoms with van der Waals surface area (Å²) >= 11 is 6.67. The Balaban J connectivity index is 1.76. The van der Waals surface area contributed by atoms with Crippen molar-refractivity contribution in [3.05, 3.63) is 63.5 Å². The van der Waals surface area contributed by atoms with Crippen LogP contribution in [0, 0.1) is 0 Å². The molecule has 0 radical (unpaired) electrons. The Labute approximate surface area is 170 Å². The third kappa shape index (κ3) is 5.15. The summed E-state index contributed by atoms with van der Waals surface area (Å²) in [6, 6.07) is 11.9. The minimum Gasteiger partial charge on any atom is -0.490 e. The Kier molecular flexibility index (Phi) is 6.38. The first-order chi connectivity index (χ1) is 13.4. The number of nitrogens with one attached hydrogen (secondary N) is 1. The molecule has 2 aromatic carbocycles. The molecule has 1 aliphatic rings. The van der Waals surface area contributed by atoms with E-state index in [1.807, 2.05) is 6.92 Å². The van der Waals surface area contributed by atoms with Gasteiger partial charge < -0.3 is 9.47 Å². The normalized spacial score (nSPS) is 14.9. The maximum atomic E-state index is 12.2. The molecule has 0 bridgehead atoms. The van der Waals surface area contributed by atoms with Gasteiger partial charge in [0.2, 0.25) is 0 Å². The number of benzene rings is 2. The second kappa shape index (κ2) is 8.95. The van der Waals surface area contributed by atoms with Crippen LogP contribution in [0.2, 0.25) is 5.02 Å². The Bertz CT molecular complexity index is 956. The minimum atomic E-state index is -0.439. The van der Waals surface area contributed by atoms with E-state index in [-0.39, 0.29) is 12.2 Å². The van der Waals surface area contributed by atoms with Crippen LogP contribution in [0.5, 0.6) is 11.5 Å². The molecule has 144 valence electrons. The molecule has 2 aromatic rings. The van der Waals surface area contributed by atoms with Gasteiger partial charge in [-0.25, -0.2) is 0 Å². The highest BCUT2D eigenvalue weighted by Crippen LogP contribution is 2.32. The third-order valence-electron chi connectivity index (χ3n) is 3.69. The van der Waals surface area contributed by atoms with Crippen molar-refractivity contribution in [2.45, 2.75) is 13.3 Å². The first-order valence-corrected chi connectivity index (χ1v) is 9.61. The number of carbonyl (C=O) groups is 3. The molecular formula is C20H16ClNO5S. The largest absolute Gasteiger partial charge is 0.490 e. The van der Waals surface area contributed by atoms with Crippen LogP contribution in [-0.4, -0.2) is 23.7 Å². The first-order valence-electron chi connectivity index (χ1n) is 8.41. The van der Waals surface area contributed by atoms with Gasteiger partial charge in [0.05, 0.1) is 17.9 Å². The molecule has 0 spiro atoms. The van der Waals surface area contributed by atoms with E-state index < -0.39 is 17.1 Å². The summed E-state index contributed by atoms with van der Waals surface area (Å²) in [7, 11) is 0. The lowest BCUT2D eigenvalue weighted by Crippen LogP contribution is -2.17. The predicted octanol–water partition coefficient (Wildman–Crippen LogP) is 4.21. The molecule has 28 heavy (non-hydrogen) atoms. The molecule has 2 amide bonds. The number of ether oxygens (including phenoxy) is 2. The van der Waals surface area contributed by atoms with Gasteiger partial charge in [-0.3, -0.25) is 19.7 Å². The van der Waals surface area contributed by atoms with Gasteiger partial charge in [0.15, 0.2) is 11.5 Å². The second-order valence-corrected chi connectivity index (χ2v) is 7.22. The van der Waals surface area contributed by atoms with Crippen LogP contribution in [0.25, 0.3) is 6.08 Å². The van der Waals surface area contributed by atoms with Crippen LogP contribution in [0.4, 0.5) is 4.79 Å². The minimum absolute atomic E-state index is 0.0907. The summed E-state index contributed by atoms with van der Waals surface area (Å²) in [6.07, 6.45) is 1.67. The number of hydrogen-bond acceptors (Lipinski definition) is 6. The average molecular weight is 418 g/mol. The van der Waals surface area contributed by atoms with Gasteiger partial charge in [0.1, 0.15) is 0 Å². The number of esters is 1. The van der Waals surface area contributed by atoms with Crippen molar-refractivity contribution in [1.82, 2.24) is 5.32 Å². The molecular weight excluding hydrogens is 402 g/mol. The monoisotopic (exact) mass is 417 g/mol. The SMILES string of the molecule is CCOc1cc(C=C2SC(=O)NC2=O)ccc1OC(=O)Cc1ccc(Cl)cc1. The second-order valence-electron chi connectivity index (χ2n) is 5.77. The van der Waals surface area contributed by atoms with Gasteiger partial charge in [0.25, 0.3) is 11.1 Å². The van der Waals surface area contributed by atoms with Crippen LogP contribution in [0.15, 0.2) is 47.4 Å². The van der Waals surface area contributed by atoms with E-state index in [4.69, 9.17) is 21.1 Å². The van der Waals surface area contributed by atoms with Gasteiger partial charge in [-0.15, -0.1) is 0 Å². The number of amides is 2. The molecule has 0 aromatic heterocycles. The highest BCUT2D eigenvalue weighted by atomic mass is 35.5. The highest BCUT2D eigenvalue weighted by molar-refractivity contribution is 8.18. The Morgan fingerprint density at radius 3 is 2.54 bits per heavy atom. The van der Waals surface area contributed by atoms with E-state index in [0.717, 1.165) is 17.3 Å². The number of thioether (sulfide) groups is 1. The summed E-state index contributed by atoms with van der Waals surface area (Å²) in [5.41, 5.74) is 1.43. The lowest BCUT2D eigenvalue weighted by Gasteiger charge is -2.11. The van der Waals surface area contributed by atoms with E-state index in [9.17, 15) is 14.4 Å². The third-order valence-corrected chi connectivity index (χ3v) is 4.76. The van der Waals surface area contributed by atoms with Gasteiger partial charge in [0, 0.05) is 5.02 Å². The maximum Gasteiger partial charge on any atom is 0.315 e. The highest BCUT2D eigenvalue weighted by Gasteiger charge is 2.25. The maximum absolute atomic E-state index is 12.2. The van der Waals surface area contributed by atoms with Gasteiger partial charge in [-0.1, -0.05) is 29.8 Å². The Morgan fingerprint density at radius 1 is 1.14 bits per heavy atom. The zero-order valence-electron chi connectivity index (χ0n) is 14.9. The summed E-state index contributed by atoms with van der Waals surface area (Å²) < 4.78 is 11.0. The quantitative estimate of drug-likeness (QED) is 0.430. The zero-order valence-corrected chi connectivity index (χ0v) is 16.4. The molecule has 1 N–H and O–H groups in total. The Morgan fingerprint density at radius 2 is 1.89 bits per heavy atom. The molecule has 0 aliphatic carbocycles. The molecule has 1 heterocycles. The number of imide groups is 1. The van der Waals surface area contributed by atoms with Crippen molar-refractivity contribution in [2.24, 2.45) is 0 Å². The van der Waals surface area contributed by atoms with Crippen LogP contribution < -0.4 is 14.8 Å². The fourth-order valence-corrected chi connectivity index (χ4v) is 3.28. The van der Waals surface area contributed by atoms with E-state index in [2.05, 4.69) is 5.32 Å². The molecule has 3 rings (SSSR count). The zero-order chi connectivity index (χ0) is 20.1. The molecule has 6 nitrogen and oxygen atoms in total.